The van der Waals surface area contributed by atoms with Crippen molar-refractivity contribution in [1.29, 1.82) is 0 Å². The Balaban J connectivity index is 1.29. The van der Waals surface area contributed by atoms with Crippen molar-refractivity contribution < 1.29 is 18.3 Å². The zero-order valence-electron chi connectivity index (χ0n) is 19.3. The number of aromatic nitrogens is 2. The number of ether oxygens (including phenoxy) is 1. The largest absolute Gasteiger partial charge is 0.462 e. The number of piperazine rings is 1. The minimum atomic E-state index is -1.77. The van der Waals surface area contributed by atoms with Crippen LogP contribution in [0.25, 0.3) is 10.9 Å². The molecule has 0 radical (unpaired) electrons. The Hall–Kier alpha value is -3.86. The van der Waals surface area contributed by atoms with Crippen LogP contribution in [0.1, 0.15) is 17.4 Å². The average Bonchev–Trinajstić information content (AvgIpc) is 3.21. The molecule has 1 aromatic carbocycles. The van der Waals surface area contributed by atoms with E-state index in [9.17, 15) is 4.79 Å². The number of rotatable bonds is 4. The second-order valence-corrected chi connectivity index (χ2v) is 8.40. The summed E-state index contributed by atoms with van der Waals surface area (Å²) in [6, 6.07) is 8.16. The summed E-state index contributed by atoms with van der Waals surface area (Å²) in [5.41, 5.74) is 2.00. The fourth-order valence-electron chi connectivity index (χ4n) is 4.33. The predicted molar refractivity (Wildman–Crippen MR) is 131 cm³/mol. The van der Waals surface area contributed by atoms with E-state index in [0.29, 0.717) is 17.0 Å². The standard InChI is InChI=1S/C24H25F2N7O2/c1-14-11-17-18(33(14)15(2)34)4-5-19(21(17)25)35-24-22(26)23(29-13-30-24)31-20-6-3-16(12-28-20)32-9-7-27-8-10-32/h3-6,11-13,22,24,27H,7-10H2,1-2H3,(H,28,29,30,31). The molecule has 9 nitrogen and oxygen atoms in total. The highest BCUT2D eigenvalue weighted by atomic mass is 19.1. The molecular formula is C24H25F2N7O2. The van der Waals surface area contributed by atoms with Crippen molar-refractivity contribution in [2.75, 3.05) is 36.4 Å². The summed E-state index contributed by atoms with van der Waals surface area (Å²) in [4.78, 5) is 26.4. The molecule has 1 saturated heterocycles. The van der Waals surface area contributed by atoms with Crippen LogP contribution in [0.2, 0.25) is 0 Å². The smallest absolute Gasteiger partial charge is 0.229 e. The van der Waals surface area contributed by atoms with Crippen LogP contribution in [0.5, 0.6) is 5.75 Å². The van der Waals surface area contributed by atoms with E-state index in [1.54, 1.807) is 31.3 Å². The number of hydrogen-bond donors (Lipinski definition) is 2. The normalized spacial score (nSPS) is 20.1. The van der Waals surface area contributed by atoms with Gasteiger partial charge in [0.1, 0.15) is 18.0 Å². The molecule has 2 aliphatic rings. The number of amidine groups is 1. The van der Waals surface area contributed by atoms with Crippen molar-refractivity contribution in [2.45, 2.75) is 26.2 Å². The zero-order valence-corrected chi connectivity index (χ0v) is 19.3. The molecule has 5 rings (SSSR count). The molecule has 2 aliphatic heterocycles. The van der Waals surface area contributed by atoms with Crippen molar-refractivity contribution in [1.82, 2.24) is 14.9 Å². The number of halogens is 2. The number of fused-ring (bicyclic) bond motifs is 1. The Kier molecular flexibility index (Phi) is 6.16. The molecule has 182 valence electrons. The fraction of sp³-hybridized carbons (Fsp3) is 0.333. The molecule has 2 N–H and O–H groups in total. The number of nitrogens with zero attached hydrogens (tertiary/aromatic N) is 5. The van der Waals surface area contributed by atoms with E-state index in [0.717, 1.165) is 31.9 Å². The quantitative estimate of drug-likeness (QED) is 0.595. The molecule has 0 bridgehead atoms. The van der Waals surface area contributed by atoms with Gasteiger partial charge in [-0.2, -0.15) is 0 Å². The van der Waals surface area contributed by atoms with Gasteiger partial charge in [0, 0.05) is 44.2 Å². The lowest BCUT2D eigenvalue weighted by Gasteiger charge is -2.29. The van der Waals surface area contributed by atoms with E-state index >= 15 is 8.78 Å². The Morgan fingerprint density at radius 3 is 2.74 bits per heavy atom. The first-order chi connectivity index (χ1) is 16.9. The van der Waals surface area contributed by atoms with Gasteiger partial charge >= 0.3 is 0 Å². The van der Waals surface area contributed by atoms with Gasteiger partial charge < -0.3 is 20.3 Å². The maximum absolute atomic E-state index is 15.2. The number of alkyl halides is 1. The van der Waals surface area contributed by atoms with Crippen LogP contribution in [0.15, 0.2) is 46.5 Å². The van der Waals surface area contributed by atoms with Crippen molar-refractivity contribution in [3.8, 4) is 5.75 Å². The Bertz CT molecular complexity index is 1310. The molecule has 3 aromatic rings. The van der Waals surface area contributed by atoms with Gasteiger partial charge in [-0.1, -0.05) is 0 Å². The van der Waals surface area contributed by atoms with E-state index < -0.39 is 18.2 Å². The first-order valence-electron chi connectivity index (χ1n) is 11.3. The summed E-state index contributed by atoms with van der Waals surface area (Å²) in [5, 5.41) is 6.39. The lowest BCUT2D eigenvalue weighted by Crippen LogP contribution is -2.43. The summed E-state index contributed by atoms with van der Waals surface area (Å²) in [7, 11) is 0. The highest BCUT2D eigenvalue weighted by Gasteiger charge is 2.31. The number of hydrogen-bond acceptors (Lipinski definition) is 8. The molecule has 0 aliphatic carbocycles. The molecule has 2 aromatic heterocycles. The number of aliphatic imine (C=N–C) groups is 2. The Morgan fingerprint density at radius 2 is 2.03 bits per heavy atom. The number of anilines is 2. The fourth-order valence-corrected chi connectivity index (χ4v) is 4.33. The van der Waals surface area contributed by atoms with Gasteiger partial charge in [-0.05, 0) is 37.3 Å². The Morgan fingerprint density at radius 1 is 1.23 bits per heavy atom. The summed E-state index contributed by atoms with van der Waals surface area (Å²) in [5.74, 6) is -0.689. The van der Waals surface area contributed by atoms with Gasteiger partial charge in [-0.3, -0.25) is 9.36 Å². The molecule has 4 heterocycles. The van der Waals surface area contributed by atoms with E-state index in [4.69, 9.17) is 4.74 Å². The lowest BCUT2D eigenvalue weighted by atomic mass is 10.2. The van der Waals surface area contributed by atoms with Crippen LogP contribution in [0, 0.1) is 12.7 Å². The zero-order chi connectivity index (χ0) is 24.5. The molecule has 35 heavy (non-hydrogen) atoms. The molecule has 1 fully saturated rings. The number of carbonyl (C=O) groups is 1. The minimum absolute atomic E-state index is 0.0347. The number of nitrogens with one attached hydrogen (secondary N) is 2. The first-order valence-corrected chi connectivity index (χ1v) is 11.3. The van der Waals surface area contributed by atoms with Gasteiger partial charge in [0.25, 0.3) is 0 Å². The first kappa shape index (κ1) is 22.9. The van der Waals surface area contributed by atoms with Gasteiger partial charge in [0.05, 0.1) is 17.4 Å². The average molecular weight is 482 g/mol. The monoisotopic (exact) mass is 481 g/mol. The highest BCUT2D eigenvalue weighted by Crippen LogP contribution is 2.31. The van der Waals surface area contributed by atoms with Crippen molar-refractivity contribution in [2.24, 2.45) is 9.98 Å². The predicted octanol–water partition coefficient (Wildman–Crippen LogP) is 3.15. The van der Waals surface area contributed by atoms with Gasteiger partial charge in [0.2, 0.25) is 18.3 Å². The Labute approximate surface area is 200 Å². The minimum Gasteiger partial charge on any atom is -0.462 e. The summed E-state index contributed by atoms with van der Waals surface area (Å²) in [6.45, 7) is 6.73. The van der Waals surface area contributed by atoms with Gasteiger partial charge in [0.15, 0.2) is 11.6 Å². The van der Waals surface area contributed by atoms with Crippen molar-refractivity contribution in [3.63, 3.8) is 0 Å². The van der Waals surface area contributed by atoms with Crippen LogP contribution < -0.4 is 20.3 Å². The molecule has 0 amide bonds. The molecule has 2 atom stereocenters. The molecular weight excluding hydrogens is 456 g/mol. The number of pyridine rings is 1. The van der Waals surface area contributed by atoms with Crippen molar-refractivity contribution in [3.05, 3.63) is 48.0 Å². The van der Waals surface area contributed by atoms with Gasteiger partial charge in [-0.25, -0.2) is 23.7 Å². The van der Waals surface area contributed by atoms with E-state index in [1.807, 2.05) is 6.07 Å². The second-order valence-electron chi connectivity index (χ2n) is 8.40. The van der Waals surface area contributed by atoms with E-state index in [1.165, 1.54) is 23.9 Å². The van der Waals surface area contributed by atoms with E-state index in [2.05, 4.69) is 30.5 Å². The molecule has 11 heteroatoms. The van der Waals surface area contributed by atoms with E-state index in [-0.39, 0.29) is 22.9 Å². The topological polar surface area (TPSA) is 96.1 Å². The van der Waals surface area contributed by atoms with Crippen LogP contribution in [0.3, 0.4) is 0 Å². The van der Waals surface area contributed by atoms with Crippen LogP contribution >= 0.6 is 0 Å². The number of aryl methyl sites for hydroxylation is 1. The molecule has 0 saturated carbocycles. The third-order valence-corrected chi connectivity index (χ3v) is 6.04. The maximum atomic E-state index is 15.2. The van der Waals surface area contributed by atoms with Gasteiger partial charge in [-0.15, -0.1) is 0 Å². The van der Waals surface area contributed by atoms with Crippen LogP contribution in [0.4, 0.5) is 20.3 Å². The lowest BCUT2D eigenvalue weighted by molar-refractivity contribution is 0.0939. The third kappa shape index (κ3) is 4.46. The summed E-state index contributed by atoms with van der Waals surface area (Å²) < 4.78 is 37.4. The van der Waals surface area contributed by atoms with Crippen molar-refractivity contribution >= 4 is 40.5 Å². The number of carbonyl (C=O) groups excluding carboxylic acids is 1. The van der Waals surface area contributed by atoms with Crippen LogP contribution in [-0.2, 0) is 0 Å². The third-order valence-electron chi connectivity index (χ3n) is 6.04. The highest BCUT2D eigenvalue weighted by molar-refractivity contribution is 6.03. The number of benzene rings is 1. The summed E-state index contributed by atoms with van der Waals surface area (Å²) in [6.07, 6.45) is -0.205. The maximum Gasteiger partial charge on any atom is 0.229 e. The van der Waals surface area contributed by atoms with Crippen LogP contribution in [-0.4, -0.2) is 66.2 Å². The second kappa shape index (κ2) is 9.41. The molecule has 2 unspecified atom stereocenters. The SMILES string of the molecule is CC(=O)n1c(C)cc2c(F)c(OC3N=CN=C(Nc4ccc(N5CCNCC5)cn4)C3F)ccc21. The molecule has 0 spiro atoms. The summed E-state index contributed by atoms with van der Waals surface area (Å²) >= 11 is 0.